The summed E-state index contributed by atoms with van der Waals surface area (Å²) in [6, 6.07) is 0. The van der Waals surface area contributed by atoms with E-state index in [1.165, 1.54) is 17.1 Å². The molecule has 1 heterocycles. The van der Waals surface area contributed by atoms with Crippen molar-refractivity contribution in [3.63, 3.8) is 0 Å². The summed E-state index contributed by atoms with van der Waals surface area (Å²) < 4.78 is 5.66. The van der Waals surface area contributed by atoms with Crippen LogP contribution >= 0.6 is 11.8 Å². The van der Waals surface area contributed by atoms with Gasteiger partial charge in [-0.1, -0.05) is 40.3 Å². The SMILES string of the molecule is C=C(/C=C\C(=C/C)C(=O)O)N1CC(CCN(CC)C/C(SC)=C(\C)N=C(C)C(C)(C)C)COCC1=O. The zero-order valence-corrected chi connectivity index (χ0v) is 24.2. The maximum Gasteiger partial charge on any atom is 0.335 e. The molecule has 36 heavy (non-hydrogen) atoms. The van der Waals surface area contributed by atoms with Crippen LogP contribution in [-0.4, -0.2) is 78.1 Å². The van der Waals surface area contributed by atoms with Crippen LogP contribution in [0.5, 0.6) is 0 Å². The Hall–Kier alpha value is -2.16. The zero-order valence-electron chi connectivity index (χ0n) is 23.4. The van der Waals surface area contributed by atoms with Crippen LogP contribution in [0.1, 0.15) is 54.9 Å². The maximum atomic E-state index is 12.6. The summed E-state index contributed by atoms with van der Waals surface area (Å²) in [5.74, 6) is -1.02. The van der Waals surface area contributed by atoms with E-state index < -0.39 is 5.97 Å². The molecular formula is C28H45N3O4S. The molecule has 1 saturated heterocycles. The molecule has 0 aromatic heterocycles. The Morgan fingerprint density at radius 1 is 1.33 bits per heavy atom. The molecule has 1 atom stereocenters. The van der Waals surface area contributed by atoms with Crippen LogP contribution in [-0.2, 0) is 14.3 Å². The second-order valence-electron chi connectivity index (χ2n) is 10.1. The van der Waals surface area contributed by atoms with E-state index in [4.69, 9.17) is 9.73 Å². The first-order chi connectivity index (χ1) is 16.8. The van der Waals surface area contributed by atoms with Crippen molar-refractivity contribution in [2.75, 3.05) is 45.6 Å². The molecule has 1 fully saturated rings. The van der Waals surface area contributed by atoms with E-state index in [-0.39, 0.29) is 29.4 Å². The quantitative estimate of drug-likeness (QED) is 0.212. The summed E-state index contributed by atoms with van der Waals surface area (Å²) in [7, 11) is 0. The Labute approximate surface area is 222 Å². The molecule has 0 bridgehead atoms. The highest BCUT2D eigenvalue weighted by atomic mass is 32.2. The van der Waals surface area contributed by atoms with Gasteiger partial charge in [-0.05, 0) is 64.1 Å². The van der Waals surface area contributed by atoms with Gasteiger partial charge in [0.25, 0.3) is 5.91 Å². The molecule has 0 aliphatic carbocycles. The first-order valence-corrected chi connectivity index (χ1v) is 13.7. The molecule has 0 aromatic carbocycles. The monoisotopic (exact) mass is 519 g/mol. The highest BCUT2D eigenvalue weighted by molar-refractivity contribution is 8.02. The third-order valence-corrected chi connectivity index (χ3v) is 7.34. The first kappa shape index (κ1) is 31.9. The Bertz CT molecular complexity index is 912. The van der Waals surface area contributed by atoms with Gasteiger partial charge in [0.15, 0.2) is 0 Å². The molecule has 1 aliphatic rings. The number of hydrogen-bond donors (Lipinski definition) is 1. The highest BCUT2D eigenvalue weighted by Crippen LogP contribution is 2.24. The minimum Gasteiger partial charge on any atom is -0.478 e. The largest absolute Gasteiger partial charge is 0.478 e. The molecule has 0 radical (unpaired) electrons. The van der Waals surface area contributed by atoms with Gasteiger partial charge in [0.1, 0.15) is 6.61 Å². The van der Waals surface area contributed by atoms with Gasteiger partial charge in [-0.25, -0.2) is 4.79 Å². The number of thioether (sulfide) groups is 1. The summed E-state index contributed by atoms with van der Waals surface area (Å²) in [5, 5.41) is 9.21. The maximum absolute atomic E-state index is 12.6. The molecule has 8 heteroatoms. The molecule has 1 aliphatic heterocycles. The molecule has 7 nitrogen and oxygen atoms in total. The van der Waals surface area contributed by atoms with E-state index in [9.17, 15) is 14.7 Å². The van der Waals surface area contributed by atoms with Crippen molar-refractivity contribution in [3.8, 4) is 0 Å². The van der Waals surface area contributed by atoms with Crippen molar-refractivity contribution in [1.82, 2.24) is 9.80 Å². The van der Waals surface area contributed by atoms with Gasteiger partial charge in [-0.3, -0.25) is 14.7 Å². The first-order valence-electron chi connectivity index (χ1n) is 12.5. The molecule has 202 valence electrons. The molecule has 0 saturated carbocycles. The van der Waals surface area contributed by atoms with Crippen molar-refractivity contribution in [2.45, 2.75) is 54.9 Å². The van der Waals surface area contributed by atoms with E-state index >= 15 is 0 Å². The van der Waals surface area contributed by atoms with Gasteiger partial charge in [0.05, 0.1) is 12.2 Å². The number of nitrogens with zero attached hydrogens (tertiary/aromatic N) is 3. The summed E-state index contributed by atoms with van der Waals surface area (Å²) in [6.07, 6.45) is 7.53. The van der Waals surface area contributed by atoms with E-state index in [0.717, 1.165) is 37.5 Å². The third-order valence-electron chi connectivity index (χ3n) is 6.42. The normalized spacial score (nSPS) is 19.1. The average Bonchev–Trinajstić information content (AvgIpc) is 2.99. The van der Waals surface area contributed by atoms with Crippen LogP contribution in [0.25, 0.3) is 0 Å². The van der Waals surface area contributed by atoms with Gasteiger partial charge in [0.2, 0.25) is 0 Å². The standard InChI is InChI=1S/C28H45N3O4S/c1-10-24(27(33)34)13-12-20(3)31-16-23(18-35-19-26(31)32)14-15-30(11-2)17-25(36-9)21(4)29-22(5)28(6,7)8/h10,12-13,23H,3,11,14-19H2,1-2,4-9H3,(H,33,34)/b13-12-,24-10+,25-21-,29-22?. The molecule has 1 unspecified atom stereocenters. The number of amides is 1. The molecule has 0 aromatic rings. The fourth-order valence-corrected chi connectivity index (χ4v) is 4.20. The van der Waals surface area contributed by atoms with Crippen molar-refractivity contribution in [2.24, 2.45) is 16.3 Å². The van der Waals surface area contributed by atoms with Crippen LogP contribution in [0.15, 0.2) is 51.7 Å². The van der Waals surface area contributed by atoms with Gasteiger partial charge >= 0.3 is 5.97 Å². The number of rotatable bonds is 12. The topological polar surface area (TPSA) is 82.4 Å². The summed E-state index contributed by atoms with van der Waals surface area (Å²) in [4.78, 5) is 34.0. The fourth-order valence-electron chi connectivity index (χ4n) is 3.55. The molecule has 1 amide bonds. The predicted molar refractivity (Wildman–Crippen MR) is 151 cm³/mol. The van der Waals surface area contributed by atoms with Crippen LogP contribution in [0, 0.1) is 11.3 Å². The van der Waals surface area contributed by atoms with Crippen LogP contribution in [0.2, 0.25) is 0 Å². The Morgan fingerprint density at radius 2 is 2.00 bits per heavy atom. The number of hydrogen-bond acceptors (Lipinski definition) is 6. The molecule has 1 N–H and O–H groups in total. The lowest BCUT2D eigenvalue weighted by Crippen LogP contribution is -2.35. The molecule has 1 rings (SSSR count). The van der Waals surface area contributed by atoms with E-state index in [0.29, 0.717) is 18.8 Å². The summed E-state index contributed by atoms with van der Waals surface area (Å²) >= 11 is 1.74. The number of allylic oxidation sites excluding steroid dienone is 3. The smallest absolute Gasteiger partial charge is 0.335 e. The third kappa shape index (κ3) is 10.4. The summed E-state index contributed by atoms with van der Waals surface area (Å²) in [5.41, 5.74) is 2.85. The van der Waals surface area contributed by atoms with Gasteiger partial charge in [0, 0.05) is 41.0 Å². The molecular weight excluding hydrogens is 474 g/mol. The number of aliphatic carboxylic acids is 1. The van der Waals surface area contributed by atoms with Crippen molar-refractivity contribution >= 4 is 29.4 Å². The number of ether oxygens (including phenoxy) is 1. The number of carbonyl (C=O) groups excluding carboxylic acids is 1. The van der Waals surface area contributed by atoms with E-state index in [2.05, 4.69) is 59.3 Å². The predicted octanol–water partition coefficient (Wildman–Crippen LogP) is 5.38. The van der Waals surface area contributed by atoms with Crippen LogP contribution in [0.3, 0.4) is 0 Å². The van der Waals surface area contributed by atoms with Gasteiger partial charge in [-0.15, -0.1) is 11.8 Å². The Kier molecular flexibility index (Phi) is 13.4. The van der Waals surface area contributed by atoms with Gasteiger partial charge < -0.3 is 14.7 Å². The van der Waals surface area contributed by atoms with E-state index in [1.54, 1.807) is 29.7 Å². The lowest BCUT2D eigenvalue weighted by Gasteiger charge is -2.27. The lowest BCUT2D eigenvalue weighted by molar-refractivity contribution is -0.132. The highest BCUT2D eigenvalue weighted by Gasteiger charge is 2.25. The zero-order chi connectivity index (χ0) is 27.5. The number of aliphatic imine (C=N–C) groups is 1. The van der Waals surface area contributed by atoms with Crippen molar-refractivity contribution in [1.29, 1.82) is 0 Å². The Morgan fingerprint density at radius 3 is 2.53 bits per heavy atom. The van der Waals surface area contributed by atoms with Crippen molar-refractivity contribution < 1.29 is 19.4 Å². The average molecular weight is 520 g/mol. The number of carboxylic acids is 1. The Balaban J connectivity index is 2.89. The van der Waals surface area contributed by atoms with Crippen LogP contribution in [0.4, 0.5) is 0 Å². The van der Waals surface area contributed by atoms with E-state index in [1.807, 2.05) is 0 Å². The second kappa shape index (κ2) is 15.2. The number of carbonyl (C=O) groups is 2. The number of carboxylic acid groups (broad SMARTS) is 1. The van der Waals surface area contributed by atoms with Crippen molar-refractivity contribution in [3.05, 3.63) is 46.7 Å². The fraction of sp³-hybridized carbons (Fsp3) is 0.607. The van der Waals surface area contributed by atoms with Crippen LogP contribution < -0.4 is 0 Å². The lowest BCUT2D eigenvalue weighted by atomic mass is 9.91. The number of likely N-dealkylation sites (N-methyl/N-ethyl adjacent to an activating group) is 1. The minimum atomic E-state index is -1.02. The second-order valence-corrected chi connectivity index (χ2v) is 11.0. The minimum absolute atomic E-state index is 0.0000553. The summed E-state index contributed by atoms with van der Waals surface area (Å²) in [6.45, 7) is 22.1. The molecule has 0 spiro atoms. The van der Waals surface area contributed by atoms with Gasteiger partial charge in [-0.2, -0.15) is 0 Å².